The van der Waals surface area contributed by atoms with Gasteiger partial charge in [-0.25, -0.2) is 0 Å². The first-order valence-electron chi connectivity index (χ1n) is 7.41. The van der Waals surface area contributed by atoms with E-state index in [1.165, 1.54) is 5.56 Å². The lowest BCUT2D eigenvalue weighted by atomic mass is 9.85. The lowest BCUT2D eigenvalue weighted by Crippen LogP contribution is -2.55. The molecule has 2 fully saturated rings. The van der Waals surface area contributed by atoms with Crippen LogP contribution in [0, 0.1) is 5.92 Å². The van der Waals surface area contributed by atoms with Gasteiger partial charge in [-0.3, -0.25) is 9.59 Å². The van der Waals surface area contributed by atoms with Crippen molar-refractivity contribution in [2.24, 2.45) is 5.92 Å². The van der Waals surface area contributed by atoms with E-state index in [2.05, 4.69) is 21.2 Å². The van der Waals surface area contributed by atoms with E-state index in [9.17, 15) is 9.59 Å². The van der Waals surface area contributed by atoms with E-state index in [1.54, 1.807) is 0 Å². The molecule has 21 heavy (non-hydrogen) atoms. The third kappa shape index (κ3) is 3.12. The lowest BCUT2D eigenvalue weighted by Gasteiger charge is -2.41. The van der Waals surface area contributed by atoms with Crippen LogP contribution >= 0.6 is 15.9 Å². The van der Waals surface area contributed by atoms with Crippen molar-refractivity contribution in [2.45, 2.75) is 30.6 Å². The monoisotopic (exact) mass is 350 g/mol. The zero-order valence-corrected chi connectivity index (χ0v) is 13.4. The summed E-state index contributed by atoms with van der Waals surface area (Å²) >= 11 is 3.41. The Labute approximate surface area is 133 Å². The van der Waals surface area contributed by atoms with Crippen LogP contribution in [0.5, 0.6) is 0 Å². The second kappa shape index (κ2) is 6.18. The van der Waals surface area contributed by atoms with Crippen LogP contribution in [0.4, 0.5) is 0 Å². The molecule has 1 aromatic rings. The zero-order chi connectivity index (χ0) is 14.8. The Hall–Kier alpha value is -1.36. The van der Waals surface area contributed by atoms with Crippen LogP contribution in [0.3, 0.4) is 0 Å². The molecule has 2 unspecified atom stereocenters. The molecule has 112 valence electrons. The number of nitrogens with one attached hydrogen (secondary N) is 1. The second-order valence-electron chi connectivity index (χ2n) is 5.84. The van der Waals surface area contributed by atoms with Gasteiger partial charge in [-0.05, 0) is 36.5 Å². The van der Waals surface area contributed by atoms with Gasteiger partial charge in [0.15, 0.2) is 0 Å². The molecule has 1 N–H and O–H groups in total. The number of fused-ring (bicyclic) bond motifs is 1. The first kappa shape index (κ1) is 14.6. The molecular formula is C16H19BrN2O2. The molecule has 0 spiro atoms. The number of carbonyl (C=O) groups excluding carboxylic acids is 2. The molecule has 2 heterocycles. The summed E-state index contributed by atoms with van der Waals surface area (Å²) in [6.07, 6.45) is 2.34. The van der Waals surface area contributed by atoms with Gasteiger partial charge in [0, 0.05) is 36.4 Å². The number of carbonyl (C=O) groups is 2. The fourth-order valence-corrected chi connectivity index (χ4v) is 3.59. The Morgan fingerprint density at radius 2 is 2.05 bits per heavy atom. The quantitative estimate of drug-likeness (QED) is 0.832. The van der Waals surface area contributed by atoms with E-state index in [0.29, 0.717) is 12.3 Å². The van der Waals surface area contributed by atoms with Crippen LogP contribution < -0.4 is 5.32 Å². The van der Waals surface area contributed by atoms with Crippen molar-refractivity contribution >= 4 is 27.7 Å². The number of likely N-dealkylation sites (tertiary alicyclic amines) is 1. The number of nitrogens with zero attached hydrogens (tertiary/aromatic N) is 1. The molecule has 4 nitrogen and oxygen atoms in total. The molecule has 2 saturated heterocycles. The topological polar surface area (TPSA) is 49.4 Å². The van der Waals surface area contributed by atoms with Gasteiger partial charge in [-0.1, -0.05) is 28.1 Å². The van der Waals surface area contributed by atoms with Crippen LogP contribution in [-0.4, -0.2) is 35.8 Å². The van der Waals surface area contributed by atoms with Gasteiger partial charge in [0.2, 0.25) is 5.91 Å². The van der Waals surface area contributed by atoms with Crippen molar-refractivity contribution in [1.29, 1.82) is 0 Å². The number of hydrogen-bond acceptors (Lipinski definition) is 2. The summed E-state index contributed by atoms with van der Waals surface area (Å²) in [6.45, 7) is 1.48. The molecule has 0 aromatic heterocycles. The van der Waals surface area contributed by atoms with Gasteiger partial charge < -0.3 is 10.2 Å². The first-order valence-corrected chi connectivity index (χ1v) is 8.53. The Kier molecular flexibility index (Phi) is 4.29. The SMILES string of the molecule is O=C1CCC2CN(C(=O)c3ccc(CBr)cc3)CCC2N1. The van der Waals surface area contributed by atoms with E-state index >= 15 is 0 Å². The minimum Gasteiger partial charge on any atom is -0.353 e. The molecule has 2 atom stereocenters. The summed E-state index contributed by atoms with van der Waals surface area (Å²) in [5.74, 6) is 0.662. The largest absolute Gasteiger partial charge is 0.353 e. The number of halogens is 1. The van der Waals surface area contributed by atoms with Gasteiger partial charge in [0.1, 0.15) is 0 Å². The van der Waals surface area contributed by atoms with Crippen LogP contribution in [-0.2, 0) is 10.1 Å². The minimum atomic E-state index is 0.103. The number of hydrogen-bond donors (Lipinski definition) is 1. The Bertz CT molecular complexity index is 544. The lowest BCUT2D eigenvalue weighted by molar-refractivity contribution is -0.125. The third-order valence-electron chi connectivity index (χ3n) is 4.46. The molecule has 1 aromatic carbocycles. The van der Waals surface area contributed by atoms with Crippen molar-refractivity contribution in [3.05, 3.63) is 35.4 Å². The van der Waals surface area contributed by atoms with Crippen molar-refractivity contribution in [3.8, 4) is 0 Å². The Balaban J connectivity index is 1.67. The summed E-state index contributed by atoms with van der Waals surface area (Å²) in [5, 5.41) is 3.85. The molecule has 2 amide bonds. The highest BCUT2D eigenvalue weighted by molar-refractivity contribution is 9.08. The second-order valence-corrected chi connectivity index (χ2v) is 6.40. The Morgan fingerprint density at radius 1 is 1.29 bits per heavy atom. The third-order valence-corrected chi connectivity index (χ3v) is 5.11. The average Bonchev–Trinajstić information content (AvgIpc) is 2.53. The van der Waals surface area contributed by atoms with Crippen molar-refractivity contribution in [2.75, 3.05) is 13.1 Å². The van der Waals surface area contributed by atoms with Gasteiger partial charge >= 0.3 is 0 Å². The zero-order valence-electron chi connectivity index (χ0n) is 11.8. The van der Waals surface area contributed by atoms with Crippen LogP contribution in [0.1, 0.15) is 35.2 Å². The van der Waals surface area contributed by atoms with Crippen LogP contribution in [0.2, 0.25) is 0 Å². The molecule has 2 aliphatic heterocycles. The van der Waals surface area contributed by atoms with E-state index < -0.39 is 0 Å². The Morgan fingerprint density at radius 3 is 2.76 bits per heavy atom. The summed E-state index contributed by atoms with van der Waals surface area (Å²) < 4.78 is 0. The van der Waals surface area contributed by atoms with Crippen molar-refractivity contribution in [1.82, 2.24) is 10.2 Å². The summed E-state index contributed by atoms with van der Waals surface area (Å²) in [6, 6.07) is 8.01. The van der Waals surface area contributed by atoms with Crippen LogP contribution in [0.15, 0.2) is 24.3 Å². The van der Waals surface area contributed by atoms with Crippen molar-refractivity contribution < 1.29 is 9.59 Å². The first-order chi connectivity index (χ1) is 10.2. The number of benzene rings is 1. The maximum atomic E-state index is 12.6. The van der Waals surface area contributed by atoms with E-state index in [-0.39, 0.29) is 17.9 Å². The molecule has 0 radical (unpaired) electrons. The number of piperidine rings is 2. The maximum Gasteiger partial charge on any atom is 0.253 e. The van der Waals surface area contributed by atoms with Crippen LogP contribution in [0.25, 0.3) is 0 Å². The molecule has 0 saturated carbocycles. The number of alkyl halides is 1. The minimum absolute atomic E-state index is 0.103. The molecule has 0 bridgehead atoms. The molecule has 0 aliphatic carbocycles. The molecule has 3 rings (SSSR count). The summed E-state index contributed by atoms with van der Waals surface area (Å²) in [4.78, 5) is 25.9. The highest BCUT2D eigenvalue weighted by Crippen LogP contribution is 2.26. The molecule has 2 aliphatic rings. The number of rotatable bonds is 2. The van der Waals surface area contributed by atoms with E-state index in [0.717, 1.165) is 36.8 Å². The highest BCUT2D eigenvalue weighted by Gasteiger charge is 2.35. The fourth-order valence-electron chi connectivity index (χ4n) is 3.21. The van der Waals surface area contributed by atoms with Gasteiger partial charge in [0.25, 0.3) is 5.91 Å². The summed E-state index contributed by atoms with van der Waals surface area (Å²) in [7, 11) is 0. The predicted molar refractivity (Wildman–Crippen MR) is 84.2 cm³/mol. The maximum absolute atomic E-state index is 12.6. The fraction of sp³-hybridized carbons (Fsp3) is 0.500. The predicted octanol–water partition coefficient (Wildman–Crippen LogP) is 2.32. The van der Waals surface area contributed by atoms with Gasteiger partial charge in [-0.2, -0.15) is 0 Å². The normalized spacial score (nSPS) is 25.2. The van der Waals surface area contributed by atoms with Crippen molar-refractivity contribution in [3.63, 3.8) is 0 Å². The number of amides is 2. The molecule has 5 heteroatoms. The van der Waals surface area contributed by atoms with E-state index in [1.807, 2.05) is 29.2 Å². The smallest absolute Gasteiger partial charge is 0.253 e. The summed E-state index contributed by atoms with van der Waals surface area (Å²) in [5.41, 5.74) is 1.92. The highest BCUT2D eigenvalue weighted by atomic mass is 79.9. The molecular weight excluding hydrogens is 332 g/mol. The van der Waals surface area contributed by atoms with Gasteiger partial charge in [-0.15, -0.1) is 0 Å². The average molecular weight is 351 g/mol. The standard InChI is InChI=1S/C16H19BrN2O2/c17-9-11-1-3-12(4-2-11)16(21)19-8-7-14-13(10-19)5-6-15(20)18-14/h1-4,13-14H,5-10H2,(H,18,20). The van der Waals surface area contributed by atoms with Gasteiger partial charge in [0.05, 0.1) is 0 Å². The van der Waals surface area contributed by atoms with E-state index in [4.69, 9.17) is 0 Å².